The van der Waals surface area contributed by atoms with Crippen molar-refractivity contribution in [2.45, 2.75) is 19.4 Å². The molecule has 0 radical (unpaired) electrons. The number of halogens is 1. The van der Waals surface area contributed by atoms with E-state index in [0.29, 0.717) is 26.2 Å². The Balaban J connectivity index is 1.72. The van der Waals surface area contributed by atoms with Gasteiger partial charge in [0.2, 0.25) is 0 Å². The monoisotopic (exact) mass is 454 g/mol. The number of benzene rings is 2. The van der Waals surface area contributed by atoms with Gasteiger partial charge in [-0.1, -0.05) is 29.8 Å². The van der Waals surface area contributed by atoms with Crippen molar-refractivity contribution in [3.63, 3.8) is 0 Å². The number of phenols is 1. The third kappa shape index (κ3) is 4.62. The molecular formula is C25H27FN2O5. The smallest absolute Gasteiger partial charge is 0.295 e. The van der Waals surface area contributed by atoms with E-state index >= 15 is 0 Å². The number of hydrogen-bond donors (Lipinski definition) is 2. The van der Waals surface area contributed by atoms with Gasteiger partial charge in [-0.2, -0.15) is 0 Å². The fraction of sp³-hybridized carbons (Fsp3) is 0.360. The molecule has 0 spiro atoms. The summed E-state index contributed by atoms with van der Waals surface area (Å²) in [5.41, 5.74) is 0.674. The van der Waals surface area contributed by atoms with Crippen molar-refractivity contribution in [3.8, 4) is 5.75 Å². The van der Waals surface area contributed by atoms with Crippen molar-refractivity contribution in [1.82, 2.24) is 9.80 Å². The number of aliphatic hydroxyl groups excluding tert-OH is 1. The number of morpholine rings is 1. The first-order valence-corrected chi connectivity index (χ1v) is 11.0. The molecule has 1 unspecified atom stereocenters. The van der Waals surface area contributed by atoms with Crippen molar-refractivity contribution in [3.05, 3.63) is 70.5 Å². The zero-order valence-electron chi connectivity index (χ0n) is 18.5. The Kier molecular flexibility index (Phi) is 6.76. The molecule has 2 aliphatic rings. The van der Waals surface area contributed by atoms with E-state index in [1.54, 1.807) is 19.1 Å². The van der Waals surface area contributed by atoms with Crippen LogP contribution < -0.4 is 0 Å². The summed E-state index contributed by atoms with van der Waals surface area (Å²) < 4.78 is 20.2. The normalized spacial score (nSPS) is 21.0. The Hall–Kier alpha value is -3.23. The predicted molar refractivity (Wildman–Crippen MR) is 120 cm³/mol. The minimum atomic E-state index is -1.09. The largest absolute Gasteiger partial charge is 0.507 e. The first-order chi connectivity index (χ1) is 15.9. The van der Waals surface area contributed by atoms with Gasteiger partial charge in [0.25, 0.3) is 11.7 Å². The molecule has 0 bridgehead atoms. The van der Waals surface area contributed by atoms with E-state index in [2.05, 4.69) is 4.90 Å². The molecule has 0 aromatic heterocycles. The van der Waals surface area contributed by atoms with E-state index < -0.39 is 29.3 Å². The number of carbonyl (C=O) groups excluding carboxylic acids is 2. The van der Waals surface area contributed by atoms with Crippen LogP contribution in [0.15, 0.2) is 48.0 Å². The summed E-state index contributed by atoms with van der Waals surface area (Å²) in [6.07, 6.45) is 0.577. The van der Waals surface area contributed by atoms with Gasteiger partial charge < -0.3 is 19.8 Å². The lowest BCUT2D eigenvalue weighted by molar-refractivity contribution is -0.140. The van der Waals surface area contributed by atoms with Crippen molar-refractivity contribution < 1.29 is 28.9 Å². The highest BCUT2D eigenvalue weighted by Crippen LogP contribution is 2.41. The quantitative estimate of drug-likeness (QED) is 0.396. The van der Waals surface area contributed by atoms with E-state index in [1.807, 2.05) is 0 Å². The van der Waals surface area contributed by atoms with E-state index in [1.165, 1.54) is 35.2 Å². The van der Waals surface area contributed by atoms with Gasteiger partial charge in [0.1, 0.15) is 17.3 Å². The Morgan fingerprint density at radius 2 is 1.85 bits per heavy atom. The zero-order valence-corrected chi connectivity index (χ0v) is 18.5. The molecular weight excluding hydrogens is 427 g/mol. The SMILES string of the molecule is Cc1ccc(O)c(/C(O)=C2\C(=O)C(=O)N(CCCN3CCOCC3)C2c2ccccc2F)c1. The maximum atomic E-state index is 14.8. The van der Waals surface area contributed by atoms with Crippen LogP contribution in [-0.4, -0.2) is 71.1 Å². The number of likely N-dealkylation sites (tertiary alicyclic amines) is 1. The van der Waals surface area contributed by atoms with Crippen LogP contribution in [0, 0.1) is 12.7 Å². The van der Waals surface area contributed by atoms with Crippen molar-refractivity contribution in [2.75, 3.05) is 39.4 Å². The molecule has 1 atom stereocenters. The number of carbonyl (C=O) groups is 2. The highest BCUT2D eigenvalue weighted by molar-refractivity contribution is 6.46. The van der Waals surface area contributed by atoms with E-state index in [4.69, 9.17) is 4.74 Å². The van der Waals surface area contributed by atoms with Crippen molar-refractivity contribution >= 4 is 17.4 Å². The van der Waals surface area contributed by atoms with Crippen LogP contribution in [-0.2, 0) is 14.3 Å². The maximum absolute atomic E-state index is 14.8. The number of ketones is 1. The van der Waals surface area contributed by atoms with Gasteiger partial charge in [-0.25, -0.2) is 4.39 Å². The van der Waals surface area contributed by atoms with Gasteiger partial charge >= 0.3 is 0 Å². The highest BCUT2D eigenvalue weighted by atomic mass is 19.1. The molecule has 1 amide bonds. The molecule has 0 aliphatic carbocycles. The van der Waals surface area contributed by atoms with Crippen molar-refractivity contribution in [1.29, 1.82) is 0 Å². The minimum absolute atomic E-state index is 0.0302. The second-order valence-electron chi connectivity index (χ2n) is 8.34. The van der Waals surface area contributed by atoms with E-state index in [0.717, 1.165) is 18.7 Å². The number of aryl methyl sites for hydroxylation is 1. The van der Waals surface area contributed by atoms with Crippen LogP contribution in [0.25, 0.3) is 5.76 Å². The van der Waals surface area contributed by atoms with Crippen LogP contribution in [0.2, 0.25) is 0 Å². The predicted octanol–water partition coefficient (Wildman–Crippen LogP) is 2.98. The number of amides is 1. The average molecular weight is 454 g/mol. The van der Waals surface area contributed by atoms with Crippen LogP contribution in [0.4, 0.5) is 4.39 Å². The standard InChI is InChI=1S/C25H27FN2O5/c1-16-7-8-20(29)18(15-16)23(30)21-22(17-5-2-3-6-19(17)26)28(25(32)24(21)31)10-4-9-27-11-13-33-14-12-27/h2-3,5-8,15,22,29-30H,4,9-14H2,1H3/b23-21+. The van der Waals surface area contributed by atoms with Gasteiger partial charge in [0, 0.05) is 31.7 Å². The molecule has 2 aromatic rings. The minimum Gasteiger partial charge on any atom is -0.507 e. The van der Waals surface area contributed by atoms with Gasteiger partial charge in [-0.3, -0.25) is 14.5 Å². The summed E-state index contributed by atoms with van der Waals surface area (Å²) in [6, 6.07) is 9.40. The second kappa shape index (κ2) is 9.72. The average Bonchev–Trinajstić information content (AvgIpc) is 3.06. The van der Waals surface area contributed by atoms with Crippen LogP contribution >= 0.6 is 0 Å². The molecule has 2 N–H and O–H groups in total. The molecule has 2 fully saturated rings. The van der Waals surface area contributed by atoms with E-state index in [9.17, 15) is 24.2 Å². The molecule has 2 aliphatic heterocycles. The number of ether oxygens (including phenoxy) is 1. The number of phenolic OH excluding ortho intramolecular Hbond substituents is 1. The first kappa shape index (κ1) is 22.9. The van der Waals surface area contributed by atoms with Gasteiger partial charge in [0.15, 0.2) is 0 Å². The van der Waals surface area contributed by atoms with Crippen LogP contribution in [0.1, 0.15) is 29.2 Å². The van der Waals surface area contributed by atoms with E-state index in [-0.39, 0.29) is 29.0 Å². The molecule has 33 heavy (non-hydrogen) atoms. The number of aromatic hydroxyl groups is 1. The lowest BCUT2D eigenvalue weighted by atomic mass is 9.94. The molecule has 4 rings (SSSR count). The Morgan fingerprint density at radius 3 is 2.58 bits per heavy atom. The maximum Gasteiger partial charge on any atom is 0.295 e. The summed E-state index contributed by atoms with van der Waals surface area (Å²) >= 11 is 0. The Labute approximate surface area is 191 Å². The lowest BCUT2D eigenvalue weighted by Gasteiger charge is -2.29. The Bertz CT molecular complexity index is 1090. The van der Waals surface area contributed by atoms with Gasteiger partial charge in [0.05, 0.1) is 30.4 Å². The molecule has 8 heteroatoms. The summed E-state index contributed by atoms with van der Waals surface area (Å²) in [7, 11) is 0. The second-order valence-corrected chi connectivity index (χ2v) is 8.34. The highest BCUT2D eigenvalue weighted by Gasteiger charge is 2.47. The fourth-order valence-electron chi connectivity index (χ4n) is 4.40. The Morgan fingerprint density at radius 1 is 1.12 bits per heavy atom. The number of rotatable bonds is 6. The third-order valence-electron chi connectivity index (χ3n) is 6.12. The summed E-state index contributed by atoms with van der Waals surface area (Å²) in [4.78, 5) is 29.6. The molecule has 0 saturated carbocycles. The van der Waals surface area contributed by atoms with Crippen molar-refractivity contribution in [2.24, 2.45) is 0 Å². The number of nitrogens with zero attached hydrogens (tertiary/aromatic N) is 2. The number of Topliss-reactive ketones (excluding diaryl/α,β-unsaturated/α-hetero) is 1. The van der Waals surface area contributed by atoms with Crippen LogP contribution in [0.3, 0.4) is 0 Å². The third-order valence-corrected chi connectivity index (χ3v) is 6.12. The first-order valence-electron chi connectivity index (χ1n) is 11.0. The van der Waals surface area contributed by atoms with Gasteiger partial charge in [-0.15, -0.1) is 0 Å². The summed E-state index contributed by atoms with van der Waals surface area (Å²) in [6.45, 7) is 5.59. The molecule has 2 saturated heterocycles. The molecule has 2 aromatic carbocycles. The van der Waals surface area contributed by atoms with Crippen LogP contribution in [0.5, 0.6) is 5.75 Å². The molecule has 174 valence electrons. The van der Waals surface area contributed by atoms with Gasteiger partial charge in [-0.05, 0) is 31.5 Å². The number of hydrogen-bond acceptors (Lipinski definition) is 6. The number of aliphatic hydroxyl groups is 1. The fourth-order valence-corrected chi connectivity index (χ4v) is 4.40. The molecule has 2 heterocycles. The summed E-state index contributed by atoms with van der Waals surface area (Å²) in [5.74, 6) is -3.02. The summed E-state index contributed by atoms with van der Waals surface area (Å²) in [5, 5.41) is 21.3. The molecule has 7 nitrogen and oxygen atoms in total. The lowest BCUT2D eigenvalue weighted by Crippen LogP contribution is -2.39. The topological polar surface area (TPSA) is 90.3 Å². The zero-order chi connectivity index (χ0) is 23.5.